The van der Waals surface area contributed by atoms with Gasteiger partial charge in [-0.15, -0.1) is 0 Å². The fraction of sp³-hybridized carbons (Fsp3) is 0.389. The van der Waals surface area contributed by atoms with Crippen molar-refractivity contribution in [1.82, 2.24) is 10.2 Å². The highest BCUT2D eigenvalue weighted by molar-refractivity contribution is 6.36. The van der Waals surface area contributed by atoms with Crippen molar-refractivity contribution in [3.05, 3.63) is 40.4 Å². The SMILES string of the molecule is CC(NC(=O)Nc1ccc(Cl)cc1Cl)N1C(=O)C2C3C=CC(C3)C2C1=O. The summed E-state index contributed by atoms with van der Waals surface area (Å²) in [5, 5.41) is 5.99. The monoisotopic (exact) mass is 393 g/mol. The number of anilines is 1. The molecule has 4 amide bonds. The number of urea groups is 1. The summed E-state index contributed by atoms with van der Waals surface area (Å²) in [6, 6.07) is 4.14. The molecule has 1 saturated heterocycles. The second-order valence-corrected chi connectivity index (χ2v) is 7.79. The number of nitrogens with one attached hydrogen (secondary N) is 2. The van der Waals surface area contributed by atoms with Gasteiger partial charge in [0.15, 0.2) is 0 Å². The summed E-state index contributed by atoms with van der Waals surface area (Å²) in [6.45, 7) is 1.62. The third-order valence-electron chi connectivity index (χ3n) is 5.41. The maximum atomic E-state index is 12.7. The Morgan fingerprint density at radius 2 is 1.77 bits per heavy atom. The van der Waals surface area contributed by atoms with Crippen molar-refractivity contribution in [1.29, 1.82) is 0 Å². The molecule has 2 fully saturated rings. The molecule has 0 aromatic heterocycles. The largest absolute Gasteiger partial charge is 0.320 e. The maximum absolute atomic E-state index is 12.7. The first kappa shape index (κ1) is 17.4. The minimum atomic E-state index is -0.744. The molecule has 2 N–H and O–H groups in total. The third-order valence-corrected chi connectivity index (χ3v) is 5.96. The van der Waals surface area contributed by atoms with Gasteiger partial charge in [0.2, 0.25) is 11.8 Å². The number of rotatable bonds is 3. The highest BCUT2D eigenvalue weighted by atomic mass is 35.5. The average Bonchev–Trinajstić information content (AvgIpc) is 3.24. The first-order valence-corrected chi connectivity index (χ1v) is 9.20. The third kappa shape index (κ3) is 2.68. The molecule has 1 heterocycles. The number of allylic oxidation sites excluding steroid dienone is 2. The average molecular weight is 394 g/mol. The van der Waals surface area contributed by atoms with E-state index >= 15 is 0 Å². The molecule has 1 aliphatic heterocycles. The van der Waals surface area contributed by atoms with Gasteiger partial charge in [0, 0.05) is 5.02 Å². The number of halogens is 2. The van der Waals surface area contributed by atoms with Crippen molar-refractivity contribution in [3.63, 3.8) is 0 Å². The number of carbonyl (C=O) groups is 3. The Labute approximate surface area is 160 Å². The van der Waals surface area contributed by atoms with E-state index in [0.29, 0.717) is 15.7 Å². The number of hydrogen-bond acceptors (Lipinski definition) is 3. The van der Waals surface area contributed by atoms with Gasteiger partial charge in [-0.1, -0.05) is 35.4 Å². The lowest BCUT2D eigenvalue weighted by Gasteiger charge is -2.25. The Morgan fingerprint density at radius 1 is 1.15 bits per heavy atom. The van der Waals surface area contributed by atoms with Crippen LogP contribution >= 0.6 is 23.2 Å². The van der Waals surface area contributed by atoms with Crippen LogP contribution in [0.15, 0.2) is 30.4 Å². The van der Waals surface area contributed by atoms with Crippen molar-refractivity contribution in [3.8, 4) is 0 Å². The number of imide groups is 1. The summed E-state index contributed by atoms with van der Waals surface area (Å²) < 4.78 is 0. The fourth-order valence-electron chi connectivity index (χ4n) is 4.31. The van der Waals surface area contributed by atoms with Gasteiger partial charge in [-0.3, -0.25) is 14.5 Å². The van der Waals surface area contributed by atoms with Gasteiger partial charge < -0.3 is 10.6 Å². The first-order valence-electron chi connectivity index (χ1n) is 8.44. The molecule has 1 saturated carbocycles. The number of likely N-dealkylation sites (tertiary alicyclic amines) is 1. The summed E-state index contributed by atoms with van der Waals surface area (Å²) in [6.07, 6.45) is 4.20. The zero-order valence-corrected chi connectivity index (χ0v) is 15.4. The summed E-state index contributed by atoms with van der Waals surface area (Å²) in [7, 11) is 0. The van der Waals surface area contributed by atoms with Gasteiger partial charge in [-0.25, -0.2) is 4.79 Å². The molecule has 0 radical (unpaired) electrons. The van der Waals surface area contributed by atoms with E-state index < -0.39 is 12.2 Å². The van der Waals surface area contributed by atoms with Gasteiger partial charge in [-0.05, 0) is 43.4 Å². The zero-order chi connectivity index (χ0) is 18.6. The molecular weight excluding hydrogens is 377 g/mol. The number of fused-ring (bicyclic) bond motifs is 5. The van der Waals surface area contributed by atoms with E-state index in [1.165, 1.54) is 11.0 Å². The van der Waals surface area contributed by atoms with Crippen LogP contribution in [0.25, 0.3) is 0 Å². The number of hydrogen-bond donors (Lipinski definition) is 2. The molecule has 2 aliphatic carbocycles. The fourth-order valence-corrected chi connectivity index (χ4v) is 4.77. The van der Waals surface area contributed by atoms with Crippen LogP contribution in [0, 0.1) is 23.7 Å². The van der Waals surface area contributed by atoms with E-state index in [1.807, 2.05) is 12.2 Å². The Bertz CT molecular complexity index is 811. The molecule has 136 valence electrons. The van der Waals surface area contributed by atoms with E-state index in [4.69, 9.17) is 23.2 Å². The molecule has 1 aromatic carbocycles. The quantitative estimate of drug-likeness (QED) is 0.610. The molecular formula is C18H17Cl2N3O3. The molecule has 0 spiro atoms. The predicted molar refractivity (Wildman–Crippen MR) is 97.6 cm³/mol. The maximum Gasteiger partial charge on any atom is 0.320 e. The molecule has 5 atom stereocenters. The molecule has 1 aromatic rings. The molecule has 8 heteroatoms. The van der Waals surface area contributed by atoms with Crippen LogP contribution in [-0.2, 0) is 9.59 Å². The van der Waals surface area contributed by atoms with Crippen molar-refractivity contribution < 1.29 is 14.4 Å². The first-order chi connectivity index (χ1) is 12.4. The van der Waals surface area contributed by atoms with Crippen LogP contribution in [0.4, 0.5) is 10.5 Å². The molecule has 5 unspecified atom stereocenters. The highest BCUT2D eigenvalue weighted by Gasteiger charge is 2.60. The molecule has 26 heavy (non-hydrogen) atoms. The highest BCUT2D eigenvalue weighted by Crippen LogP contribution is 2.52. The number of nitrogens with zero attached hydrogens (tertiary/aromatic N) is 1. The molecule has 3 aliphatic rings. The normalized spacial score (nSPS) is 29.9. The standard InChI is InChI=1S/C18H17Cl2N3O3/c1-8(21-18(26)22-13-5-4-11(19)7-12(13)20)23-16(24)14-9-2-3-10(6-9)15(14)17(23)25/h2-5,7-10,14-15H,6H2,1H3,(H2,21,22,26). The summed E-state index contributed by atoms with van der Waals surface area (Å²) in [5.41, 5.74) is 0.388. The van der Waals surface area contributed by atoms with Gasteiger partial charge in [0.25, 0.3) is 0 Å². The van der Waals surface area contributed by atoms with Crippen LogP contribution < -0.4 is 10.6 Å². The van der Waals surface area contributed by atoms with Crippen molar-refractivity contribution in [2.75, 3.05) is 5.32 Å². The van der Waals surface area contributed by atoms with E-state index in [2.05, 4.69) is 10.6 Å². The van der Waals surface area contributed by atoms with Crippen molar-refractivity contribution in [2.24, 2.45) is 23.7 Å². The van der Waals surface area contributed by atoms with E-state index in [-0.39, 0.29) is 35.5 Å². The van der Waals surface area contributed by atoms with E-state index in [0.717, 1.165) is 6.42 Å². The lowest BCUT2D eigenvalue weighted by molar-refractivity contribution is -0.143. The minimum absolute atomic E-state index is 0.139. The second-order valence-electron chi connectivity index (χ2n) is 6.94. The summed E-state index contributed by atoms with van der Waals surface area (Å²) >= 11 is 11.9. The van der Waals surface area contributed by atoms with Crippen molar-refractivity contribution >= 4 is 46.7 Å². The van der Waals surface area contributed by atoms with Crippen LogP contribution in [0.3, 0.4) is 0 Å². The van der Waals surface area contributed by atoms with E-state index in [9.17, 15) is 14.4 Å². The zero-order valence-electron chi connectivity index (χ0n) is 13.9. The number of benzene rings is 1. The van der Waals surface area contributed by atoms with Gasteiger partial charge in [0.05, 0.1) is 22.5 Å². The van der Waals surface area contributed by atoms with Crippen LogP contribution in [0.1, 0.15) is 13.3 Å². The second kappa shape index (κ2) is 6.28. The topological polar surface area (TPSA) is 78.5 Å². The van der Waals surface area contributed by atoms with Gasteiger partial charge in [0.1, 0.15) is 6.17 Å². The summed E-state index contributed by atoms with van der Waals surface area (Å²) in [5.74, 6) is -0.685. The Hall–Kier alpha value is -2.05. The van der Waals surface area contributed by atoms with Crippen LogP contribution in [0.2, 0.25) is 10.0 Å². The summed E-state index contributed by atoms with van der Waals surface area (Å²) in [4.78, 5) is 38.9. The number of amides is 4. The molecule has 2 bridgehead atoms. The Morgan fingerprint density at radius 3 is 2.35 bits per heavy atom. The lowest BCUT2D eigenvalue weighted by atomic mass is 9.85. The predicted octanol–water partition coefficient (Wildman–Crippen LogP) is 3.27. The molecule has 6 nitrogen and oxygen atoms in total. The van der Waals surface area contributed by atoms with Crippen molar-refractivity contribution in [2.45, 2.75) is 19.5 Å². The Kier molecular flexibility index (Phi) is 4.20. The smallest absolute Gasteiger partial charge is 0.317 e. The van der Waals surface area contributed by atoms with Gasteiger partial charge in [-0.2, -0.15) is 0 Å². The van der Waals surface area contributed by atoms with Crippen LogP contribution in [-0.4, -0.2) is 28.9 Å². The van der Waals surface area contributed by atoms with E-state index in [1.54, 1.807) is 19.1 Å². The molecule has 4 rings (SSSR count). The van der Waals surface area contributed by atoms with Crippen LogP contribution in [0.5, 0.6) is 0 Å². The minimum Gasteiger partial charge on any atom is -0.317 e. The Balaban J connectivity index is 1.43. The van der Waals surface area contributed by atoms with Gasteiger partial charge >= 0.3 is 6.03 Å². The lowest BCUT2D eigenvalue weighted by Crippen LogP contribution is -2.51. The number of carbonyl (C=O) groups excluding carboxylic acids is 3.